The molecule has 1 fully saturated rings. The number of nitrogens with one attached hydrogen (secondary N) is 1. The van der Waals surface area contributed by atoms with Gasteiger partial charge in [-0.05, 0) is 17.0 Å². The highest BCUT2D eigenvalue weighted by Crippen LogP contribution is 2.29. The van der Waals surface area contributed by atoms with Gasteiger partial charge in [-0.2, -0.15) is 0 Å². The van der Waals surface area contributed by atoms with Crippen LogP contribution >= 0.6 is 0 Å². The maximum absolute atomic E-state index is 13.4. The zero-order chi connectivity index (χ0) is 13.8. The molecule has 0 aromatic heterocycles. The lowest BCUT2D eigenvalue weighted by Gasteiger charge is -2.34. The third-order valence-electron chi connectivity index (χ3n) is 3.73. The number of rotatable bonds is 4. The first-order valence-electron chi connectivity index (χ1n) is 6.92. The second-order valence-electron chi connectivity index (χ2n) is 5.39. The van der Waals surface area contributed by atoms with Gasteiger partial charge in [0.25, 0.3) is 6.43 Å². The van der Waals surface area contributed by atoms with Crippen molar-refractivity contribution >= 4 is 0 Å². The summed E-state index contributed by atoms with van der Waals surface area (Å²) in [6, 6.07) is 6.88. The summed E-state index contributed by atoms with van der Waals surface area (Å²) in [6.07, 6.45) is -2.34. The van der Waals surface area contributed by atoms with Crippen LogP contribution in [0.3, 0.4) is 0 Å². The van der Waals surface area contributed by atoms with E-state index >= 15 is 0 Å². The number of halogens is 2. The van der Waals surface area contributed by atoms with Gasteiger partial charge in [0.05, 0.1) is 6.04 Å². The maximum atomic E-state index is 13.4. The van der Waals surface area contributed by atoms with Crippen molar-refractivity contribution in [1.82, 2.24) is 10.2 Å². The minimum absolute atomic E-state index is 0.429. The van der Waals surface area contributed by atoms with Crippen molar-refractivity contribution in [2.24, 2.45) is 0 Å². The number of nitrogens with zero attached hydrogens (tertiary/aromatic N) is 1. The van der Waals surface area contributed by atoms with Crippen LogP contribution in [0.2, 0.25) is 0 Å². The van der Waals surface area contributed by atoms with Crippen LogP contribution in [-0.4, -0.2) is 37.5 Å². The van der Waals surface area contributed by atoms with E-state index in [-0.39, 0.29) is 0 Å². The first kappa shape index (κ1) is 14.4. The summed E-state index contributed by atoms with van der Waals surface area (Å²) in [5, 5.41) is 3.20. The average molecular weight is 268 g/mol. The van der Waals surface area contributed by atoms with Crippen molar-refractivity contribution in [2.75, 3.05) is 26.2 Å². The number of alkyl halides is 2. The van der Waals surface area contributed by atoms with Gasteiger partial charge in [0.1, 0.15) is 0 Å². The Morgan fingerprint density at radius 1 is 1.00 bits per heavy atom. The molecule has 1 aliphatic rings. The van der Waals surface area contributed by atoms with E-state index in [0.717, 1.165) is 18.7 Å². The summed E-state index contributed by atoms with van der Waals surface area (Å²) < 4.78 is 26.7. The molecule has 4 heteroatoms. The fraction of sp³-hybridized carbons (Fsp3) is 0.600. The van der Waals surface area contributed by atoms with Gasteiger partial charge in [-0.25, -0.2) is 8.78 Å². The maximum Gasteiger partial charge on any atom is 0.258 e. The van der Waals surface area contributed by atoms with Gasteiger partial charge in [0, 0.05) is 26.2 Å². The molecule has 1 aromatic carbocycles. The molecule has 0 radical (unpaired) electrons. The van der Waals surface area contributed by atoms with E-state index in [4.69, 9.17) is 0 Å². The van der Waals surface area contributed by atoms with Crippen LogP contribution in [0, 0.1) is 0 Å². The van der Waals surface area contributed by atoms with Crippen molar-refractivity contribution < 1.29 is 8.78 Å². The first-order chi connectivity index (χ1) is 9.09. The smallest absolute Gasteiger partial charge is 0.258 e. The van der Waals surface area contributed by atoms with Gasteiger partial charge in [-0.3, -0.25) is 4.90 Å². The summed E-state index contributed by atoms with van der Waals surface area (Å²) in [6.45, 7) is 7.15. The van der Waals surface area contributed by atoms with Crippen LogP contribution < -0.4 is 5.32 Å². The molecule has 106 valence electrons. The Morgan fingerprint density at radius 3 is 2.00 bits per heavy atom. The molecular formula is C15H22F2N2. The molecule has 1 heterocycles. The first-order valence-corrected chi connectivity index (χ1v) is 6.92. The molecule has 1 aliphatic heterocycles. The fourth-order valence-corrected chi connectivity index (χ4v) is 2.55. The lowest BCUT2D eigenvalue weighted by molar-refractivity contribution is 0.0182. The van der Waals surface area contributed by atoms with Gasteiger partial charge in [-0.15, -0.1) is 0 Å². The molecule has 19 heavy (non-hydrogen) atoms. The van der Waals surface area contributed by atoms with Crippen molar-refractivity contribution in [1.29, 1.82) is 0 Å². The minimum Gasteiger partial charge on any atom is -0.314 e. The highest BCUT2D eigenvalue weighted by atomic mass is 19.3. The lowest BCUT2D eigenvalue weighted by atomic mass is 9.98. The molecule has 0 aliphatic carbocycles. The molecule has 0 saturated carbocycles. The van der Waals surface area contributed by atoms with E-state index in [1.807, 2.05) is 29.2 Å². The van der Waals surface area contributed by atoms with E-state index in [9.17, 15) is 8.78 Å². The third kappa shape index (κ3) is 3.51. The van der Waals surface area contributed by atoms with Crippen molar-refractivity contribution in [3.8, 4) is 0 Å². The van der Waals surface area contributed by atoms with Crippen molar-refractivity contribution in [3.63, 3.8) is 0 Å². The molecule has 0 spiro atoms. The van der Waals surface area contributed by atoms with E-state index in [0.29, 0.717) is 19.0 Å². The lowest BCUT2D eigenvalue weighted by Crippen LogP contribution is -2.46. The highest BCUT2D eigenvalue weighted by Gasteiger charge is 2.29. The summed E-state index contributed by atoms with van der Waals surface area (Å²) in [4.78, 5) is 1.88. The molecule has 2 rings (SSSR count). The quantitative estimate of drug-likeness (QED) is 0.903. The van der Waals surface area contributed by atoms with Crippen LogP contribution in [0.5, 0.6) is 0 Å². The number of piperazine rings is 1. The standard InChI is InChI=1S/C15H22F2N2/c1-11(2)12-3-5-13(6-4-12)14(15(16)17)19-9-7-18-8-10-19/h3-6,11,14-15,18H,7-10H2,1-2H3/t14-/m0/s1. The zero-order valence-electron chi connectivity index (χ0n) is 11.6. The summed E-state index contributed by atoms with van der Waals surface area (Å²) in [7, 11) is 0. The molecule has 1 atom stereocenters. The number of benzene rings is 1. The minimum atomic E-state index is -2.34. The Bertz CT molecular complexity index is 384. The highest BCUT2D eigenvalue weighted by molar-refractivity contribution is 5.27. The molecule has 1 N–H and O–H groups in total. The van der Waals surface area contributed by atoms with E-state index in [1.54, 1.807) is 0 Å². The molecule has 1 aromatic rings. The predicted octanol–water partition coefficient (Wildman–Crippen LogP) is 3.02. The summed E-state index contributed by atoms with van der Waals surface area (Å²) >= 11 is 0. The molecular weight excluding hydrogens is 246 g/mol. The Balaban J connectivity index is 2.18. The Labute approximate surface area is 113 Å². The topological polar surface area (TPSA) is 15.3 Å². The van der Waals surface area contributed by atoms with Crippen LogP contribution in [0.1, 0.15) is 36.9 Å². The molecule has 0 bridgehead atoms. The Morgan fingerprint density at radius 2 is 1.53 bits per heavy atom. The monoisotopic (exact) mass is 268 g/mol. The molecule has 0 unspecified atom stereocenters. The van der Waals surface area contributed by atoms with E-state index in [2.05, 4.69) is 19.2 Å². The number of hydrogen-bond acceptors (Lipinski definition) is 2. The van der Waals surface area contributed by atoms with Gasteiger partial charge in [0.2, 0.25) is 0 Å². The van der Waals surface area contributed by atoms with Crippen LogP contribution in [0.15, 0.2) is 24.3 Å². The van der Waals surface area contributed by atoms with E-state index < -0.39 is 12.5 Å². The van der Waals surface area contributed by atoms with Gasteiger partial charge < -0.3 is 5.32 Å². The number of hydrogen-bond donors (Lipinski definition) is 1. The molecule has 2 nitrogen and oxygen atoms in total. The fourth-order valence-electron chi connectivity index (χ4n) is 2.55. The van der Waals surface area contributed by atoms with Gasteiger partial charge in [0.15, 0.2) is 0 Å². The second kappa shape index (κ2) is 6.44. The molecule has 1 saturated heterocycles. The predicted molar refractivity (Wildman–Crippen MR) is 73.7 cm³/mol. The third-order valence-corrected chi connectivity index (χ3v) is 3.73. The zero-order valence-corrected chi connectivity index (χ0v) is 11.6. The van der Waals surface area contributed by atoms with E-state index in [1.165, 1.54) is 5.56 Å². The van der Waals surface area contributed by atoms with Crippen LogP contribution in [-0.2, 0) is 0 Å². The Hall–Kier alpha value is -1.00. The van der Waals surface area contributed by atoms with Crippen molar-refractivity contribution in [3.05, 3.63) is 35.4 Å². The normalized spacial score (nSPS) is 19.1. The second-order valence-corrected chi connectivity index (χ2v) is 5.39. The van der Waals surface area contributed by atoms with Crippen molar-refractivity contribution in [2.45, 2.75) is 32.2 Å². The average Bonchev–Trinajstić information content (AvgIpc) is 2.40. The summed E-state index contributed by atoms with van der Waals surface area (Å²) in [5.74, 6) is 0.429. The summed E-state index contributed by atoms with van der Waals surface area (Å²) in [5.41, 5.74) is 1.92. The van der Waals surface area contributed by atoms with Gasteiger partial charge in [-0.1, -0.05) is 38.1 Å². The molecule has 0 amide bonds. The van der Waals surface area contributed by atoms with Crippen LogP contribution in [0.4, 0.5) is 8.78 Å². The SMILES string of the molecule is CC(C)c1ccc([C@@H](C(F)F)N2CCNCC2)cc1. The largest absolute Gasteiger partial charge is 0.314 e. The Kier molecular flexibility index (Phi) is 4.88. The van der Waals surface area contributed by atoms with Gasteiger partial charge >= 0.3 is 0 Å². The van der Waals surface area contributed by atoms with Crippen LogP contribution in [0.25, 0.3) is 0 Å².